The Morgan fingerprint density at radius 1 is 0.967 bits per heavy atom. The van der Waals surface area contributed by atoms with E-state index in [0.717, 1.165) is 21.9 Å². The van der Waals surface area contributed by atoms with Crippen LogP contribution in [0.3, 0.4) is 0 Å². The van der Waals surface area contributed by atoms with Crippen molar-refractivity contribution in [1.29, 1.82) is 0 Å². The van der Waals surface area contributed by atoms with Gasteiger partial charge in [-0.2, -0.15) is 0 Å². The number of anilines is 1. The molecule has 3 aromatic carbocycles. The van der Waals surface area contributed by atoms with E-state index in [1.54, 1.807) is 11.8 Å². The molecule has 1 atom stereocenters. The van der Waals surface area contributed by atoms with Crippen molar-refractivity contribution in [2.45, 2.75) is 17.5 Å². The van der Waals surface area contributed by atoms with Gasteiger partial charge in [-0.15, -0.1) is 11.8 Å². The fourth-order valence-electron chi connectivity index (χ4n) is 3.91. The number of hydrogen-bond donors (Lipinski definition) is 0. The molecule has 1 aliphatic rings. The summed E-state index contributed by atoms with van der Waals surface area (Å²) in [6.07, 6.45) is 1.28. The first-order chi connectivity index (χ1) is 14.7. The Labute approximate surface area is 178 Å². The van der Waals surface area contributed by atoms with E-state index in [9.17, 15) is 9.59 Å². The number of aromatic nitrogens is 2. The van der Waals surface area contributed by atoms with Gasteiger partial charge in [0.05, 0.1) is 29.0 Å². The fourth-order valence-corrected chi connectivity index (χ4v) is 5.08. The number of thioether (sulfide) groups is 1. The fraction of sp³-hybridized carbons (Fsp3) is 0.125. The lowest BCUT2D eigenvalue weighted by Crippen LogP contribution is -2.42. The molecule has 1 amide bonds. The summed E-state index contributed by atoms with van der Waals surface area (Å²) in [5.74, 6) is 0.647. The van der Waals surface area contributed by atoms with E-state index in [0.29, 0.717) is 11.0 Å². The molecule has 0 saturated heterocycles. The monoisotopic (exact) mass is 413 g/mol. The lowest BCUT2D eigenvalue weighted by atomic mass is 10.1. The van der Waals surface area contributed by atoms with Crippen LogP contribution in [0.1, 0.15) is 11.6 Å². The van der Waals surface area contributed by atoms with E-state index in [1.807, 2.05) is 83.8 Å². The van der Waals surface area contributed by atoms with Crippen molar-refractivity contribution in [3.05, 3.63) is 101 Å². The van der Waals surface area contributed by atoms with Gasteiger partial charge in [0.2, 0.25) is 5.91 Å². The van der Waals surface area contributed by atoms with Gasteiger partial charge in [0.15, 0.2) is 0 Å². The van der Waals surface area contributed by atoms with Gasteiger partial charge in [0, 0.05) is 10.6 Å². The average molecular weight is 414 g/mol. The normalized spacial score (nSPS) is 15.7. The van der Waals surface area contributed by atoms with Crippen molar-refractivity contribution >= 4 is 34.4 Å². The molecule has 1 aromatic heterocycles. The highest BCUT2D eigenvalue weighted by Crippen LogP contribution is 2.43. The molecule has 0 spiro atoms. The molecular formula is C24H19N3O2S. The Balaban J connectivity index is 1.59. The van der Waals surface area contributed by atoms with E-state index >= 15 is 0 Å². The predicted molar refractivity (Wildman–Crippen MR) is 120 cm³/mol. The van der Waals surface area contributed by atoms with Gasteiger partial charge < -0.3 is 4.90 Å². The number of para-hydroxylation sites is 3. The van der Waals surface area contributed by atoms with Gasteiger partial charge in [-0.1, -0.05) is 54.6 Å². The van der Waals surface area contributed by atoms with Gasteiger partial charge >= 0.3 is 0 Å². The highest BCUT2D eigenvalue weighted by molar-refractivity contribution is 7.99. The molecule has 0 bridgehead atoms. The molecule has 30 heavy (non-hydrogen) atoms. The number of fused-ring (bicyclic) bond motifs is 2. The quantitative estimate of drug-likeness (QED) is 0.503. The summed E-state index contributed by atoms with van der Waals surface area (Å²) in [6, 6.07) is 25.3. The van der Waals surface area contributed by atoms with Crippen molar-refractivity contribution in [2.75, 3.05) is 10.7 Å². The summed E-state index contributed by atoms with van der Waals surface area (Å²) in [7, 11) is 0. The molecule has 148 valence electrons. The van der Waals surface area contributed by atoms with Crippen LogP contribution in [0.15, 0.2) is 94.7 Å². The summed E-state index contributed by atoms with van der Waals surface area (Å²) in [4.78, 5) is 33.3. The van der Waals surface area contributed by atoms with Crippen LogP contribution in [-0.2, 0) is 11.3 Å². The molecule has 5 nitrogen and oxygen atoms in total. The first-order valence-corrected chi connectivity index (χ1v) is 10.7. The number of carbonyl (C=O) groups is 1. The molecule has 5 rings (SSSR count). The third-order valence-electron chi connectivity index (χ3n) is 5.33. The van der Waals surface area contributed by atoms with Crippen LogP contribution in [-0.4, -0.2) is 21.2 Å². The number of rotatable bonds is 3. The first kappa shape index (κ1) is 18.6. The molecule has 0 saturated carbocycles. The summed E-state index contributed by atoms with van der Waals surface area (Å²) in [6.45, 7) is -0.0375. The SMILES string of the molecule is O=C(Cn1c(=O)cnc2ccccc21)N1c2ccccc2SCC1c1ccccc1. The molecule has 0 N–H and O–H groups in total. The minimum Gasteiger partial charge on any atom is -0.301 e. The Kier molecular flexibility index (Phi) is 4.85. The lowest BCUT2D eigenvalue weighted by molar-refractivity contribution is -0.119. The maximum absolute atomic E-state index is 13.6. The molecule has 2 heterocycles. The smallest absolute Gasteiger partial charge is 0.269 e. The van der Waals surface area contributed by atoms with Crippen molar-refractivity contribution in [3.8, 4) is 0 Å². The molecule has 0 aliphatic carbocycles. The number of hydrogen-bond acceptors (Lipinski definition) is 4. The molecule has 4 aromatic rings. The van der Waals surface area contributed by atoms with Crippen LogP contribution >= 0.6 is 11.8 Å². The second-order valence-electron chi connectivity index (χ2n) is 7.14. The Morgan fingerprint density at radius 3 is 2.57 bits per heavy atom. The van der Waals surface area contributed by atoms with Crippen molar-refractivity contribution < 1.29 is 4.79 Å². The zero-order valence-corrected chi connectivity index (χ0v) is 17.0. The highest BCUT2D eigenvalue weighted by atomic mass is 32.2. The maximum Gasteiger partial charge on any atom is 0.269 e. The van der Waals surface area contributed by atoms with E-state index in [4.69, 9.17) is 0 Å². The summed E-state index contributed by atoms with van der Waals surface area (Å²) in [5.41, 5.74) is 3.05. The van der Waals surface area contributed by atoms with E-state index < -0.39 is 0 Å². The van der Waals surface area contributed by atoms with Gasteiger partial charge in [-0.3, -0.25) is 14.2 Å². The zero-order chi connectivity index (χ0) is 20.5. The summed E-state index contributed by atoms with van der Waals surface area (Å²) in [5, 5.41) is 0. The van der Waals surface area contributed by atoms with E-state index in [-0.39, 0.29) is 24.1 Å². The second-order valence-corrected chi connectivity index (χ2v) is 8.20. The summed E-state index contributed by atoms with van der Waals surface area (Å²) < 4.78 is 1.51. The number of amides is 1. The van der Waals surface area contributed by atoms with Gasteiger partial charge in [0.25, 0.3) is 5.56 Å². The van der Waals surface area contributed by atoms with Crippen molar-refractivity contribution in [1.82, 2.24) is 9.55 Å². The summed E-state index contributed by atoms with van der Waals surface area (Å²) >= 11 is 1.75. The largest absolute Gasteiger partial charge is 0.301 e. The first-order valence-electron chi connectivity index (χ1n) is 9.76. The standard InChI is InChI=1S/C24H19N3O2S/c28-23-14-25-18-10-4-5-11-19(18)26(23)15-24(29)27-20-12-6-7-13-22(20)30-16-21(27)17-8-2-1-3-9-17/h1-14,21H,15-16H2. The minimum atomic E-state index is -0.280. The van der Waals surface area contributed by atoms with E-state index in [2.05, 4.69) is 4.98 Å². The number of nitrogens with zero attached hydrogens (tertiary/aromatic N) is 3. The molecular weight excluding hydrogens is 394 g/mol. The topological polar surface area (TPSA) is 55.2 Å². The average Bonchev–Trinajstić information content (AvgIpc) is 2.80. The van der Waals surface area contributed by atoms with Gasteiger partial charge in [-0.05, 0) is 29.8 Å². The van der Waals surface area contributed by atoms with Crippen LogP contribution in [0.4, 0.5) is 5.69 Å². The maximum atomic E-state index is 13.6. The zero-order valence-electron chi connectivity index (χ0n) is 16.1. The van der Waals surface area contributed by atoms with Crippen LogP contribution in [0.25, 0.3) is 11.0 Å². The molecule has 0 radical (unpaired) electrons. The second kappa shape index (κ2) is 7.80. The van der Waals surface area contributed by atoms with Gasteiger partial charge in [-0.25, -0.2) is 4.98 Å². The Morgan fingerprint density at radius 2 is 1.70 bits per heavy atom. The number of carbonyl (C=O) groups excluding carboxylic acids is 1. The van der Waals surface area contributed by atoms with Crippen molar-refractivity contribution in [2.24, 2.45) is 0 Å². The van der Waals surface area contributed by atoms with Crippen LogP contribution in [0.2, 0.25) is 0 Å². The molecule has 6 heteroatoms. The van der Waals surface area contributed by atoms with Crippen LogP contribution < -0.4 is 10.5 Å². The minimum absolute atomic E-state index is 0.0375. The molecule has 1 unspecified atom stereocenters. The third-order valence-corrected chi connectivity index (χ3v) is 6.47. The predicted octanol–water partition coefficient (Wildman–Crippen LogP) is 4.28. The lowest BCUT2D eigenvalue weighted by Gasteiger charge is -2.37. The van der Waals surface area contributed by atoms with Gasteiger partial charge in [0.1, 0.15) is 6.54 Å². The Bertz CT molecular complexity index is 1290. The highest BCUT2D eigenvalue weighted by Gasteiger charge is 2.32. The van der Waals surface area contributed by atoms with Crippen LogP contribution in [0, 0.1) is 0 Å². The van der Waals surface area contributed by atoms with Crippen LogP contribution in [0.5, 0.6) is 0 Å². The van der Waals surface area contributed by atoms with E-state index in [1.165, 1.54) is 10.8 Å². The Hall–Kier alpha value is -3.38. The van der Waals surface area contributed by atoms with Crippen molar-refractivity contribution in [3.63, 3.8) is 0 Å². The number of benzene rings is 3. The molecule has 0 fully saturated rings. The third kappa shape index (κ3) is 3.29. The molecule has 1 aliphatic heterocycles.